The van der Waals surface area contributed by atoms with E-state index in [1.807, 2.05) is 12.1 Å². The van der Waals surface area contributed by atoms with Crippen LogP contribution in [0.25, 0.3) is 0 Å². The van der Waals surface area contributed by atoms with Crippen molar-refractivity contribution in [3.05, 3.63) is 48.0 Å². The van der Waals surface area contributed by atoms with Gasteiger partial charge in [-0.25, -0.2) is 4.98 Å². The Morgan fingerprint density at radius 2 is 1.79 bits per heavy atom. The Hall–Kier alpha value is -2.83. The third-order valence-corrected chi connectivity index (χ3v) is 5.56. The summed E-state index contributed by atoms with van der Waals surface area (Å²) in [7, 11) is 0. The monoisotopic (exact) mass is 382 g/mol. The third-order valence-electron chi connectivity index (χ3n) is 5.56. The minimum absolute atomic E-state index is 0.0313. The molecule has 2 fully saturated rings. The lowest BCUT2D eigenvalue weighted by Crippen LogP contribution is -2.50. The van der Waals surface area contributed by atoms with Crippen LogP contribution in [0.5, 0.6) is 0 Å². The summed E-state index contributed by atoms with van der Waals surface area (Å²) in [5.41, 5.74) is 0.597. The molecular weight excluding hydrogens is 356 g/mol. The predicted octanol–water partition coefficient (Wildman–Crippen LogP) is 2.51. The topological polar surface area (TPSA) is 69.9 Å². The van der Waals surface area contributed by atoms with E-state index < -0.39 is 0 Å². The molecule has 7 heteroatoms. The Morgan fingerprint density at radius 3 is 2.39 bits per heavy atom. The van der Waals surface area contributed by atoms with E-state index >= 15 is 0 Å². The van der Waals surface area contributed by atoms with E-state index in [2.05, 4.69) is 16.8 Å². The van der Waals surface area contributed by atoms with Crippen LogP contribution in [0.4, 0.5) is 5.82 Å². The summed E-state index contributed by atoms with van der Waals surface area (Å²) in [6.45, 7) is 6.33. The summed E-state index contributed by atoms with van der Waals surface area (Å²) in [6, 6.07) is 7.18. The van der Waals surface area contributed by atoms with Crippen LogP contribution in [0.2, 0.25) is 0 Å². The van der Waals surface area contributed by atoms with Crippen molar-refractivity contribution in [2.24, 2.45) is 5.92 Å². The molecule has 0 aliphatic carbocycles. The number of carbonyl (C=O) groups is 2. The first kappa shape index (κ1) is 18.5. The average Bonchev–Trinajstić information content (AvgIpc) is 3.28. The molecule has 0 bridgehead atoms. The molecule has 4 heterocycles. The molecule has 2 saturated heterocycles. The van der Waals surface area contributed by atoms with E-state index in [-0.39, 0.29) is 11.8 Å². The molecule has 0 N–H and O–H groups in total. The zero-order valence-electron chi connectivity index (χ0n) is 16.2. The molecule has 28 heavy (non-hydrogen) atoms. The van der Waals surface area contributed by atoms with Gasteiger partial charge in [-0.3, -0.25) is 9.59 Å². The van der Waals surface area contributed by atoms with Crippen LogP contribution in [0.15, 0.2) is 41.1 Å². The van der Waals surface area contributed by atoms with Gasteiger partial charge in [-0.05, 0) is 43.0 Å². The number of piperidine rings is 1. The maximum Gasteiger partial charge on any atom is 0.289 e. The van der Waals surface area contributed by atoms with Gasteiger partial charge in [0.25, 0.3) is 11.8 Å². The first-order chi connectivity index (χ1) is 13.6. The van der Waals surface area contributed by atoms with Crippen molar-refractivity contribution in [3.63, 3.8) is 0 Å². The van der Waals surface area contributed by atoms with Gasteiger partial charge in [0.1, 0.15) is 5.82 Å². The maximum absolute atomic E-state index is 12.8. The number of furan rings is 1. The van der Waals surface area contributed by atoms with Crippen molar-refractivity contribution in [1.29, 1.82) is 0 Å². The molecule has 2 aliphatic heterocycles. The third kappa shape index (κ3) is 3.88. The highest BCUT2D eigenvalue weighted by atomic mass is 16.3. The van der Waals surface area contributed by atoms with Crippen molar-refractivity contribution in [2.75, 3.05) is 44.2 Å². The molecule has 2 aromatic rings. The Bertz CT molecular complexity index is 811. The van der Waals surface area contributed by atoms with Crippen LogP contribution in [0.3, 0.4) is 0 Å². The molecule has 2 aromatic heterocycles. The van der Waals surface area contributed by atoms with E-state index in [0.717, 1.165) is 18.9 Å². The molecule has 1 atom stereocenters. The molecule has 0 aromatic carbocycles. The van der Waals surface area contributed by atoms with Crippen molar-refractivity contribution < 1.29 is 14.0 Å². The van der Waals surface area contributed by atoms with Gasteiger partial charge in [-0.15, -0.1) is 0 Å². The summed E-state index contributed by atoms with van der Waals surface area (Å²) >= 11 is 0. The van der Waals surface area contributed by atoms with Gasteiger partial charge in [-0.1, -0.05) is 6.92 Å². The fraction of sp³-hybridized carbons (Fsp3) is 0.476. The van der Waals surface area contributed by atoms with Gasteiger partial charge in [-0.2, -0.15) is 0 Å². The fourth-order valence-electron chi connectivity index (χ4n) is 3.95. The number of hydrogen-bond acceptors (Lipinski definition) is 5. The summed E-state index contributed by atoms with van der Waals surface area (Å²) < 4.78 is 5.18. The van der Waals surface area contributed by atoms with Crippen LogP contribution >= 0.6 is 0 Å². The predicted molar refractivity (Wildman–Crippen MR) is 105 cm³/mol. The molecule has 7 nitrogen and oxygen atoms in total. The van der Waals surface area contributed by atoms with Crippen LogP contribution in [-0.4, -0.2) is 65.9 Å². The highest BCUT2D eigenvalue weighted by Gasteiger charge is 2.27. The number of pyridine rings is 1. The Morgan fingerprint density at radius 1 is 1.04 bits per heavy atom. The second-order valence-corrected chi connectivity index (χ2v) is 7.66. The number of hydrogen-bond donors (Lipinski definition) is 0. The van der Waals surface area contributed by atoms with Crippen molar-refractivity contribution in [1.82, 2.24) is 14.8 Å². The van der Waals surface area contributed by atoms with E-state index in [1.165, 1.54) is 19.1 Å². The Labute approximate surface area is 164 Å². The molecule has 4 rings (SSSR count). The van der Waals surface area contributed by atoms with E-state index in [4.69, 9.17) is 4.42 Å². The number of aromatic nitrogens is 1. The lowest BCUT2D eigenvalue weighted by atomic mass is 10.0. The summed E-state index contributed by atoms with van der Waals surface area (Å²) in [6.07, 6.45) is 5.62. The zero-order valence-corrected chi connectivity index (χ0v) is 16.2. The van der Waals surface area contributed by atoms with Gasteiger partial charge in [0.2, 0.25) is 0 Å². The summed E-state index contributed by atoms with van der Waals surface area (Å²) in [5, 5.41) is 0. The lowest BCUT2D eigenvalue weighted by molar-refractivity contribution is 0.0518. The van der Waals surface area contributed by atoms with Crippen LogP contribution in [0.1, 0.15) is 40.7 Å². The van der Waals surface area contributed by atoms with Gasteiger partial charge in [0.05, 0.1) is 11.8 Å². The minimum atomic E-state index is -0.126. The van der Waals surface area contributed by atoms with Gasteiger partial charge >= 0.3 is 0 Å². The van der Waals surface area contributed by atoms with Gasteiger partial charge in [0.15, 0.2) is 5.76 Å². The molecule has 0 saturated carbocycles. The fourth-order valence-corrected chi connectivity index (χ4v) is 3.95. The first-order valence-electron chi connectivity index (χ1n) is 9.95. The number of rotatable bonds is 3. The molecule has 2 aliphatic rings. The van der Waals surface area contributed by atoms with E-state index in [1.54, 1.807) is 28.1 Å². The Kier molecular flexibility index (Phi) is 5.32. The molecule has 0 radical (unpaired) electrons. The van der Waals surface area contributed by atoms with Gasteiger partial charge in [0, 0.05) is 45.5 Å². The largest absolute Gasteiger partial charge is 0.459 e. The number of nitrogens with zero attached hydrogens (tertiary/aromatic N) is 4. The highest BCUT2D eigenvalue weighted by molar-refractivity contribution is 5.95. The molecular formula is C21H26N4O3. The number of amides is 2. The normalized spacial score (nSPS) is 20.3. The Balaban J connectivity index is 1.34. The van der Waals surface area contributed by atoms with E-state index in [9.17, 15) is 9.59 Å². The minimum Gasteiger partial charge on any atom is -0.459 e. The number of anilines is 1. The average molecular weight is 382 g/mol. The SMILES string of the molecule is CC1CCCN(c2ccc(C(=O)N3CCN(C(=O)c4ccco4)CC3)cn2)C1. The van der Waals surface area contributed by atoms with Crippen LogP contribution in [-0.2, 0) is 0 Å². The zero-order chi connectivity index (χ0) is 19.5. The number of piperazine rings is 1. The molecule has 0 spiro atoms. The summed E-state index contributed by atoms with van der Waals surface area (Å²) in [4.78, 5) is 35.5. The molecule has 1 unspecified atom stereocenters. The highest BCUT2D eigenvalue weighted by Crippen LogP contribution is 2.21. The van der Waals surface area contributed by atoms with Crippen molar-refractivity contribution >= 4 is 17.6 Å². The number of carbonyl (C=O) groups excluding carboxylic acids is 2. The molecule has 2 amide bonds. The smallest absolute Gasteiger partial charge is 0.289 e. The van der Waals surface area contributed by atoms with Crippen molar-refractivity contribution in [2.45, 2.75) is 19.8 Å². The lowest BCUT2D eigenvalue weighted by Gasteiger charge is -2.34. The van der Waals surface area contributed by atoms with Crippen LogP contribution < -0.4 is 4.90 Å². The maximum atomic E-state index is 12.8. The second kappa shape index (κ2) is 8.04. The summed E-state index contributed by atoms with van der Waals surface area (Å²) in [5.74, 6) is 1.80. The van der Waals surface area contributed by atoms with E-state index in [0.29, 0.717) is 43.4 Å². The molecule has 148 valence electrons. The quantitative estimate of drug-likeness (QED) is 0.816. The van der Waals surface area contributed by atoms with Crippen molar-refractivity contribution in [3.8, 4) is 0 Å². The standard InChI is InChI=1S/C21H26N4O3/c1-16-4-2-8-25(15-16)19-7-6-17(14-22-19)20(26)23-9-11-24(12-10-23)21(27)18-5-3-13-28-18/h3,5-7,13-14,16H,2,4,8-12,15H2,1H3. The first-order valence-corrected chi connectivity index (χ1v) is 9.95. The van der Waals surface area contributed by atoms with Crippen LogP contribution in [0, 0.1) is 5.92 Å². The second-order valence-electron chi connectivity index (χ2n) is 7.66. The van der Waals surface area contributed by atoms with Gasteiger partial charge < -0.3 is 19.1 Å².